The fourth-order valence-electron chi connectivity index (χ4n) is 2.03. The van der Waals surface area contributed by atoms with Crippen LogP contribution >= 0.6 is 24.0 Å². The van der Waals surface area contributed by atoms with E-state index in [2.05, 4.69) is 30.4 Å². The lowest BCUT2D eigenvalue weighted by Crippen LogP contribution is -2.15. The van der Waals surface area contributed by atoms with E-state index in [1.165, 1.54) is 24.2 Å². The lowest BCUT2D eigenvalue weighted by Gasteiger charge is -2.14. The first-order valence-corrected chi connectivity index (χ1v) is 7.91. The molecule has 1 fully saturated rings. The Morgan fingerprint density at radius 2 is 2.28 bits per heavy atom. The highest BCUT2D eigenvalue weighted by Crippen LogP contribution is 2.33. The van der Waals surface area contributed by atoms with Gasteiger partial charge >= 0.3 is 0 Å². The third-order valence-corrected chi connectivity index (χ3v) is 4.28. The Morgan fingerprint density at radius 1 is 1.50 bits per heavy atom. The van der Waals surface area contributed by atoms with Gasteiger partial charge in [-0.1, -0.05) is 38.0 Å². The van der Waals surface area contributed by atoms with E-state index in [4.69, 9.17) is 18.0 Å². The van der Waals surface area contributed by atoms with Crippen molar-refractivity contribution in [3.63, 3.8) is 0 Å². The largest absolute Gasteiger partial charge is 0.389 e. The molecule has 0 atom stereocenters. The van der Waals surface area contributed by atoms with E-state index in [0.29, 0.717) is 4.99 Å². The van der Waals surface area contributed by atoms with Gasteiger partial charge in [0.05, 0.1) is 0 Å². The van der Waals surface area contributed by atoms with Crippen LogP contribution in [0.5, 0.6) is 0 Å². The van der Waals surface area contributed by atoms with Crippen molar-refractivity contribution in [1.29, 1.82) is 0 Å². The maximum atomic E-state index is 5.87. The lowest BCUT2D eigenvalue weighted by atomic mass is 10.1. The number of hydrogen-bond acceptors (Lipinski definition) is 3. The van der Waals surface area contributed by atoms with Gasteiger partial charge in [-0.2, -0.15) is 0 Å². The summed E-state index contributed by atoms with van der Waals surface area (Å²) >= 11 is 6.98. The standard InChI is InChI=1S/C14H20N2S2/c1-2-18-12-5-3-4-11(13(12)14(15)17)16-9-8-10-6-7-10/h3-5,10,16H,2,6-9H2,1H3,(H2,15,17). The monoisotopic (exact) mass is 280 g/mol. The number of rotatable bonds is 7. The van der Waals surface area contributed by atoms with Crippen LogP contribution in [0.1, 0.15) is 31.7 Å². The number of thioether (sulfide) groups is 1. The van der Waals surface area contributed by atoms with Crippen LogP contribution in [-0.2, 0) is 0 Å². The number of hydrogen-bond donors (Lipinski definition) is 2. The van der Waals surface area contributed by atoms with Crippen molar-refractivity contribution in [1.82, 2.24) is 0 Å². The zero-order valence-corrected chi connectivity index (χ0v) is 12.4. The second kappa shape index (κ2) is 6.43. The number of nitrogens with one attached hydrogen (secondary N) is 1. The molecule has 3 N–H and O–H groups in total. The van der Waals surface area contributed by atoms with Gasteiger partial charge in [0, 0.05) is 22.7 Å². The first kappa shape index (κ1) is 13.7. The fourth-order valence-corrected chi connectivity index (χ4v) is 3.16. The van der Waals surface area contributed by atoms with Crippen LogP contribution in [0.4, 0.5) is 5.69 Å². The van der Waals surface area contributed by atoms with Gasteiger partial charge in [0.25, 0.3) is 0 Å². The van der Waals surface area contributed by atoms with E-state index in [0.717, 1.165) is 29.5 Å². The third-order valence-electron chi connectivity index (χ3n) is 3.14. The van der Waals surface area contributed by atoms with Crippen LogP contribution in [0.3, 0.4) is 0 Å². The van der Waals surface area contributed by atoms with E-state index in [1.54, 1.807) is 11.8 Å². The predicted molar refractivity (Wildman–Crippen MR) is 84.6 cm³/mol. The normalized spacial score (nSPS) is 14.5. The van der Waals surface area contributed by atoms with Crippen LogP contribution < -0.4 is 11.1 Å². The third kappa shape index (κ3) is 3.62. The summed E-state index contributed by atoms with van der Waals surface area (Å²) in [6.07, 6.45) is 4.05. The molecule has 0 heterocycles. The average Bonchev–Trinajstić information content (AvgIpc) is 3.13. The molecule has 0 aromatic heterocycles. The van der Waals surface area contributed by atoms with Crippen molar-refractivity contribution in [2.45, 2.75) is 31.1 Å². The summed E-state index contributed by atoms with van der Waals surface area (Å²) in [5, 5.41) is 3.48. The molecule has 0 unspecified atom stereocenters. The van der Waals surface area contributed by atoms with Crippen LogP contribution in [0.25, 0.3) is 0 Å². The highest BCUT2D eigenvalue weighted by atomic mass is 32.2. The average molecular weight is 280 g/mol. The highest BCUT2D eigenvalue weighted by molar-refractivity contribution is 7.99. The van der Waals surface area contributed by atoms with Crippen molar-refractivity contribution in [2.24, 2.45) is 11.7 Å². The molecule has 0 radical (unpaired) electrons. The van der Waals surface area contributed by atoms with Gasteiger partial charge in [-0.3, -0.25) is 0 Å². The smallest absolute Gasteiger partial charge is 0.107 e. The van der Waals surface area contributed by atoms with E-state index in [1.807, 2.05) is 0 Å². The van der Waals surface area contributed by atoms with E-state index >= 15 is 0 Å². The zero-order chi connectivity index (χ0) is 13.0. The summed E-state index contributed by atoms with van der Waals surface area (Å²) in [7, 11) is 0. The molecule has 0 bridgehead atoms. The van der Waals surface area contributed by atoms with Gasteiger partial charge in [-0.15, -0.1) is 11.8 Å². The second-order valence-corrected chi connectivity index (χ2v) is 6.38. The molecule has 4 heteroatoms. The number of anilines is 1. The minimum absolute atomic E-state index is 0.487. The molecule has 1 aliphatic carbocycles. The molecule has 1 aliphatic rings. The number of nitrogens with two attached hydrogens (primary N) is 1. The molecular formula is C14H20N2S2. The first-order chi connectivity index (χ1) is 8.72. The Hall–Kier alpha value is -0.740. The van der Waals surface area contributed by atoms with E-state index in [9.17, 15) is 0 Å². The van der Waals surface area contributed by atoms with E-state index in [-0.39, 0.29) is 0 Å². The molecule has 1 aromatic rings. The Bertz CT molecular complexity index is 428. The van der Waals surface area contributed by atoms with Gasteiger partial charge < -0.3 is 11.1 Å². The Labute approximate surface area is 119 Å². The van der Waals surface area contributed by atoms with Gasteiger partial charge in [0.2, 0.25) is 0 Å². The molecule has 2 nitrogen and oxygen atoms in total. The predicted octanol–water partition coefficient (Wildman–Crippen LogP) is 3.64. The summed E-state index contributed by atoms with van der Waals surface area (Å²) in [6.45, 7) is 3.15. The summed E-state index contributed by atoms with van der Waals surface area (Å²) in [4.78, 5) is 1.67. The first-order valence-electron chi connectivity index (χ1n) is 6.52. The highest BCUT2D eigenvalue weighted by Gasteiger charge is 2.20. The molecule has 2 rings (SSSR count). The number of thiocarbonyl (C=S) groups is 1. The SMILES string of the molecule is CCSc1cccc(NCCC2CC2)c1C(N)=S. The molecule has 0 amide bonds. The van der Waals surface area contributed by atoms with Crippen LogP contribution in [-0.4, -0.2) is 17.3 Å². The molecule has 18 heavy (non-hydrogen) atoms. The summed E-state index contributed by atoms with van der Waals surface area (Å²) < 4.78 is 0. The van der Waals surface area contributed by atoms with Crippen molar-refractivity contribution in [2.75, 3.05) is 17.6 Å². The molecule has 98 valence electrons. The molecular weight excluding hydrogens is 260 g/mol. The molecule has 0 saturated heterocycles. The van der Waals surface area contributed by atoms with Gasteiger partial charge in [-0.05, 0) is 30.2 Å². The number of benzene rings is 1. The molecule has 0 aliphatic heterocycles. The summed E-state index contributed by atoms with van der Waals surface area (Å²) in [5.41, 5.74) is 7.96. The van der Waals surface area contributed by atoms with Crippen molar-refractivity contribution >= 4 is 34.7 Å². The summed E-state index contributed by atoms with van der Waals surface area (Å²) in [6, 6.07) is 6.23. The zero-order valence-electron chi connectivity index (χ0n) is 10.7. The maximum Gasteiger partial charge on any atom is 0.107 e. The minimum atomic E-state index is 0.487. The Kier molecular flexibility index (Phi) is 4.89. The minimum Gasteiger partial charge on any atom is -0.389 e. The van der Waals surface area contributed by atoms with Gasteiger partial charge in [-0.25, -0.2) is 0 Å². The quantitative estimate of drug-likeness (QED) is 0.591. The second-order valence-electron chi connectivity index (χ2n) is 4.63. The van der Waals surface area contributed by atoms with Gasteiger partial charge in [0.15, 0.2) is 0 Å². The Balaban J connectivity index is 2.10. The lowest BCUT2D eigenvalue weighted by molar-refractivity contribution is 0.760. The van der Waals surface area contributed by atoms with Crippen molar-refractivity contribution in [3.8, 4) is 0 Å². The molecule has 1 saturated carbocycles. The fraction of sp³-hybridized carbons (Fsp3) is 0.500. The molecule has 0 spiro atoms. The van der Waals surface area contributed by atoms with Gasteiger partial charge in [0.1, 0.15) is 4.99 Å². The Morgan fingerprint density at radius 3 is 2.89 bits per heavy atom. The van der Waals surface area contributed by atoms with Crippen LogP contribution in [0.15, 0.2) is 23.1 Å². The topological polar surface area (TPSA) is 38.0 Å². The van der Waals surface area contributed by atoms with Crippen molar-refractivity contribution in [3.05, 3.63) is 23.8 Å². The summed E-state index contributed by atoms with van der Waals surface area (Å²) in [5.74, 6) is 1.97. The van der Waals surface area contributed by atoms with E-state index < -0.39 is 0 Å². The maximum absolute atomic E-state index is 5.87. The molecule has 1 aromatic carbocycles. The van der Waals surface area contributed by atoms with Crippen LogP contribution in [0.2, 0.25) is 0 Å². The van der Waals surface area contributed by atoms with Crippen LogP contribution in [0, 0.1) is 5.92 Å². The van der Waals surface area contributed by atoms with Crippen molar-refractivity contribution < 1.29 is 0 Å².